The lowest BCUT2D eigenvalue weighted by atomic mass is 9.77. The van der Waals surface area contributed by atoms with Crippen molar-refractivity contribution in [2.75, 3.05) is 17.8 Å². The lowest BCUT2D eigenvalue weighted by molar-refractivity contribution is -0.144. The van der Waals surface area contributed by atoms with E-state index in [2.05, 4.69) is 10.6 Å². The van der Waals surface area contributed by atoms with Crippen molar-refractivity contribution in [3.05, 3.63) is 72.3 Å². The Morgan fingerprint density at radius 2 is 1.58 bits per heavy atom. The smallest absolute Gasteiger partial charge is 0.326 e. The summed E-state index contributed by atoms with van der Waals surface area (Å²) in [6.45, 7) is 7.09. The number of carbonyl (C=O) groups is 5. The Hall–Kier alpha value is -4.49. The van der Waals surface area contributed by atoms with Gasteiger partial charge in [0.2, 0.25) is 16.9 Å². The van der Waals surface area contributed by atoms with E-state index in [0.717, 1.165) is 37.4 Å². The highest BCUT2D eigenvalue weighted by Crippen LogP contribution is 2.51. The number of hydrogen-bond acceptors (Lipinski definition) is 9. The number of phenols is 1. The van der Waals surface area contributed by atoms with Crippen LogP contribution in [0.15, 0.2) is 76.5 Å². The third-order valence-electron chi connectivity index (χ3n) is 9.55. The molecule has 0 spiro atoms. The number of rotatable bonds is 18. The maximum absolute atomic E-state index is 14.7. The number of aromatic hydroxyl groups is 1. The largest absolute Gasteiger partial charge is 0.508 e. The van der Waals surface area contributed by atoms with Crippen LogP contribution in [0, 0.1) is 11.3 Å². The van der Waals surface area contributed by atoms with Crippen molar-refractivity contribution in [1.29, 1.82) is 0 Å². The number of fused-ring (bicyclic) bond motifs is 1. The van der Waals surface area contributed by atoms with E-state index in [1.165, 1.54) is 36.0 Å². The fourth-order valence-corrected chi connectivity index (χ4v) is 7.89. The van der Waals surface area contributed by atoms with Gasteiger partial charge < -0.3 is 25.6 Å². The van der Waals surface area contributed by atoms with Crippen LogP contribution in [0.25, 0.3) is 0 Å². The van der Waals surface area contributed by atoms with E-state index < -0.39 is 41.9 Å². The molecule has 13 heteroatoms. The van der Waals surface area contributed by atoms with E-state index in [4.69, 9.17) is 4.74 Å². The first-order valence-corrected chi connectivity index (χ1v) is 20.0. The van der Waals surface area contributed by atoms with Gasteiger partial charge in [0.05, 0.1) is 10.6 Å². The third kappa shape index (κ3) is 9.74. The van der Waals surface area contributed by atoms with Crippen LogP contribution in [-0.2, 0) is 24.0 Å². The number of anilines is 2. The molecule has 0 fully saturated rings. The second kappa shape index (κ2) is 19.0. The number of ether oxygens (including phenoxy) is 1. The fraction of sp³-hybridized carbons (Fsp3) is 0.425. The van der Waals surface area contributed by atoms with Crippen LogP contribution in [0.1, 0.15) is 84.2 Å². The van der Waals surface area contributed by atoms with Crippen molar-refractivity contribution < 1.29 is 38.9 Å². The van der Waals surface area contributed by atoms with Crippen LogP contribution in [0.4, 0.5) is 11.4 Å². The summed E-state index contributed by atoms with van der Waals surface area (Å²) in [5.74, 6) is -2.96. The minimum atomic E-state index is -1.29. The number of para-hydroxylation sites is 1. The van der Waals surface area contributed by atoms with Gasteiger partial charge in [0.15, 0.2) is 6.61 Å². The molecule has 1 aliphatic heterocycles. The second-order valence-corrected chi connectivity index (χ2v) is 15.1. The molecule has 1 aliphatic rings. The van der Waals surface area contributed by atoms with Gasteiger partial charge >= 0.3 is 5.97 Å². The van der Waals surface area contributed by atoms with E-state index in [0.29, 0.717) is 51.7 Å². The van der Waals surface area contributed by atoms with Crippen LogP contribution in [0.5, 0.6) is 11.5 Å². The number of carbonyl (C=O) groups excluding carboxylic acids is 4. The topological polar surface area (TPSA) is 162 Å². The Labute approximate surface area is 319 Å². The molecule has 3 atom stereocenters. The molecule has 0 radical (unpaired) electrons. The van der Waals surface area contributed by atoms with Crippen LogP contribution in [0.3, 0.4) is 0 Å². The minimum absolute atomic E-state index is 0.0461. The summed E-state index contributed by atoms with van der Waals surface area (Å²) in [7, 11) is 0. The number of carboxylic acids is 1. The van der Waals surface area contributed by atoms with Gasteiger partial charge in [-0.25, -0.2) is 4.79 Å². The van der Waals surface area contributed by atoms with Crippen LogP contribution < -0.4 is 20.3 Å². The number of amides is 3. The SMILES string of the molecule is CCCCC1(CCCC)C(=O)Sc2cc(OCC(=O)NC(C(=O)N[C@@H](C(=O)O)[C@@H](C)CC)c3ccc(O)cc3)c(SC)cc2N(c2ccccc2)C1=O. The maximum Gasteiger partial charge on any atom is 0.326 e. The van der Waals surface area contributed by atoms with Gasteiger partial charge in [0.25, 0.3) is 5.91 Å². The predicted octanol–water partition coefficient (Wildman–Crippen LogP) is 7.63. The van der Waals surface area contributed by atoms with E-state index >= 15 is 0 Å². The number of unbranched alkanes of at least 4 members (excludes halogenated alkanes) is 2. The Morgan fingerprint density at radius 3 is 2.15 bits per heavy atom. The first-order chi connectivity index (χ1) is 25.4. The summed E-state index contributed by atoms with van der Waals surface area (Å²) in [6, 6.07) is 16.0. The van der Waals surface area contributed by atoms with Crippen molar-refractivity contribution in [3.8, 4) is 11.5 Å². The highest BCUT2D eigenvalue weighted by atomic mass is 32.2. The number of aliphatic carboxylic acids is 1. The second-order valence-electron chi connectivity index (χ2n) is 13.2. The van der Waals surface area contributed by atoms with Crippen LogP contribution in [0.2, 0.25) is 0 Å². The van der Waals surface area contributed by atoms with E-state index in [1.807, 2.05) is 63.4 Å². The highest BCUT2D eigenvalue weighted by molar-refractivity contribution is 8.14. The lowest BCUT2D eigenvalue weighted by Crippen LogP contribution is -2.50. The summed E-state index contributed by atoms with van der Waals surface area (Å²) in [6.07, 6.45) is 6.32. The molecule has 3 aromatic rings. The summed E-state index contributed by atoms with van der Waals surface area (Å²) < 4.78 is 6.07. The molecule has 53 heavy (non-hydrogen) atoms. The number of nitrogens with one attached hydrogen (secondary N) is 2. The van der Waals surface area contributed by atoms with Crippen molar-refractivity contribution in [3.63, 3.8) is 0 Å². The van der Waals surface area contributed by atoms with Crippen molar-refractivity contribution in [2.45, 2.75) is 94.5 Å². The number of carboxylic acid groups (broad SMARTS) is 1. The fourth-order valence-electron chi connectivity index (χ4n) is 6.23. The Balaban J connectivity index is 1.67. The van der Waals surface area contributed by atoms with Gasteiger partial charge in [-0.05, 0) is 78.7 Å². The molecule has 0 saturated carbocycles. The predicted molar refractivity (Wildman–Crippen MR) is 208 cm³/mol. The molecule has 3 amide bonds. The monoisotopic (exact) mass is 763 g/mol. The molecular weight excluding hydrogens is 715 g/mol. The van der Waals surface area contributed by atoms with E-state index in [9.17, 15) is 34.2 Å². The molecule has 1 unspecified atom stereocenters. The molecule has 3 aromatic carbocycles. The zero-order chi connectivity index (χ0) is 38.7. The van der Waals surface area contributed by atoms with Gasteiger partial charge in [-0.15, -0.1) is 11.8 Å². The highest BCUT2D eigenvalue weighted by Gasteiger charge is 2.50. The molecule has 0 aliphatic carbocycles. The molecule has 1 heterocycles. The van der Waals surface area contributed by atoms with E-state index in [1.54, 1.807) is 17.9 Å². The maximum atomic E-state index is 14.7. The minimum Gasteiger partial charge on any atom is -0.508 e. The number of nitrogens with zero attached hydrogens (tertiary/aromatic N) is 1. The molecule has 0 saturated heterocycles. The van der Waals surface area contributed by atoms with Crippen LogP contribution >= 0.6 is 23.5 Å². The molecule has 284 valence electrons. The summed E-state index contributed by atoms with van der Waals surface area (Å²) >= 11 is 2.38. The molecule has 11 nitrogen and oxygen atoms in total. The standard InChI is InChI=1S/C40H49N3O8S2/c1-6-9-20-40(21-10-7-2)38(49)43(27-14-12-11-13-15-27)29-22-32(52-5)30(23-31(29)53-39(40)50)51-24-33(45)41-35(26-16-18-28(44)19-17-26)36(46)42-34(37(47)48)25(4)8-3/h11-19,22-23,25,34-35,44H,6-10,20-21,24H2,1-5H3,(H,41,45)(H,42,46)(H,47,48)/t25-,34+,35?/m0/s1. The molecule has 0 aromatic heterocycles. The summed E-state index contributed by atoms with van der Waals surface area (Å²) in [4.78, 5) is 70.7. The zero-order valence-electron chi connectivity index (χ0n) is 30.8. The molecule has 0 bridgehead atoms. The Bertz CT molecular complexity index is 1760. The summed E-state index contributed by atoms with van der Waals surface area (Å²) in [5.41, 5.74) is 0.300. The first-order valence-electron chi connectivity index (χ1n) is 18.0. The number of benzene rings is 3. The van der Waals surface area contributed by atoms with Crippen molar-refractivity contribution >= 4 is 63.7 Å². The molecule has 4 N–H and O–H groups in total. The Kier molecular flexibility index (Phi) is 14.8. The number of hydrogen-bond donors (Lipinski definition) is 4. The van der Waals surface area contributed by atoms with Crippen molar-refractivity contribution in [2.24, 2.45) is 11.3 Å². The van der Waals surface area contributed by atoms with Gasteiger partial charge in [0.1, 0.15) is 29.0 Å². The quantitative estimate of drug-likeness (QED) is 0.0749. The van der Waals surface area contributed by atoms with Gasteiger partial charge in [-0.1, -0.05) is 90.1 Å². The zero-order valence-corrected chi connectivity index (χ0v) is 32.5. The van der Waals surface area contributed by atoms with Crippen LogP contribution in [-0.4, -0.2) is 57.9 Å². The first kappa shape index (κ1) is 41.3. The average molecular weight is 764 g/mol. The van der Waals surface area contributed by atoms with E-state index in [-0.39, 0.29) is 22.7 Å². The number of phenolic OH excluding ortho intramolecular Hbond substituents is 1. The number of thioether (sulfide) groups is 2. The molecule has 4 rings (SSSR count). The molecular formula is C40H49N3O8S2. The van der Waals surface area contributed by atoms with Gasteiger partial charge in [-0.3, -0.25) is 24.1 Å². The third-order valence-corrected chi connectivity index (χ3v) is 11.4. The summed E-state index contributed by atoms with van der Waals surface area (Å²) in [5, 5.41) is 24.6. The normalized spacial score (nSPS) is 15.5. The van der Waals surface area contributed by atoms with Gasteiger partial charge in [0, 0.05) is 10.6 Å². The Morgan fingerprint density at radius 1 is 0.943 bits per heavy atom. The van der Waals surface area contributed by atoms with Crippen molar-refractivity contribution in [1.82, 2.24) is 10.6 Å². The lowest BCUT2D eigenvalue weighted by Gasteiger charge is -2.34. The average Bonchev–Trinajstić information content (AvgIpc) is 3.24. The van der Waals surface area contributed by atoms with Gasteiger partial charge in [-0.2, -0.15) is 0 Å².